The van der Waals surface area contributed by atoms with E-state index in [-0.39, 0.29) is 38.9 Å². The summed E-state index contributed by atoms with van der Waals surface area (Å²) in [5.41, 5.74) is 2.04. The zero-order valence-electron chi connectivity index (χ0n) is 58.8. The van der Waals surface area contributed by atoms with Crippen LogP contribution in [0.3, 0.4) is 0 Å². The van der Waals surface area contributed by atoms with E-state index in [4.69, 9.17) is 18.9 Å². The predicted octanol–water partition coefficient (Wildman–Crippen LogP) is 1.73. The van der Waals surface area contributed by atoms with Crippen LogP contribution < -0.4 is 10.6 Å². The minimum Gasteiger partial charge on any atom is -0.480 e. The molecule has 542 valence electrons. The zero-order chi connectivity index (χ0) is 73.2. The molecule has 3 aromatic carbocycles. The molecular formula is C68H101N11O18S. The summed E-state index contributed by atoms with van der Waals surface area (Å²) in [5.74, 6) is -9.89. The smallest absolute Gasteiger partial charge is 0.323 e. The van der Waals surface area contributed by atoms with Crippen LogP contribution in [0.2, 0.25) is 0 Å². The number of methoxy groups -OCH3 is 4. The second-order valence-electron chi connectivity index (χ2n) is 23.8. The molecule has 98 heavy (non-hydrogen) atoms. The van der Waals surface area contributed by atoms with Gasteiger partial charge in [-0.05, 0) is 71.4 Å². The number of carboxylic acid groups (broad SMARTS) is 2. The van der Waals surface area contributed by atoms with Crippen LogP contribution in [0.15, 0.2) is 91.0 Å². The molecule has 7 atom stereocenters. The Morgan fingerprint density at radius 2 is 0.643 bits per heavy atom. The largest absolute Gasteiger partial charge is 0.480 e. The summed E-state index contributed by atoms with van der Waals surface area (Å²) < 4.78 is 21.5. The van der Waals surface area contributed by atoms with Crippen molar-refractivity contribution < 1.29 is 86.7 Å². The second-order valence-corrected chi connectivity index (χ2v) is 24.7. The minimum atomic E-state index is -1.55. The number of nitrogens with one attached hydrogen (secondary N) is 2. The van der Waals surface area contributed by atoms with Gasteiger partial charge in [-0.15, -0.1) is 0 Å². The molecule has 3 rings (SSSR count). The molecule has 0 aliphatic heterocycles. The van der Waals surface area contributed by atoms with Gasteiger partial charge in [-0.1, -0.05) is 91.0 Å². The first kappa shape index (κ1) is 83.7. The maximum Gasteiger partial charge on any atom is 0.323 e. The van der Waals surface area contributed by atoms with E-state index in [0.29, 0.717) is 22.6 Å². The van der Waals surface area contributed by atoms with E-state index in [1.807, 2.05) is 49.6 Å². The van der Waals surface area contributed by atoms with Crippen molar-refractivity contribution in [2.45, 2.75) is 90.8 Å². The van der Waals surface area contributed by atoms with Gasteiger partial charge in [0.1, 0.15) is 72.0 Å². The van der Waals surface area contributed by atoms with Gasteiger partial charge in [0.2, 0.25) is 59.1 Å². The molecule has 0 aliphatic carbocycles. The number of likely N-dealkylation sites (N-methyl/N-ethyl adjacent to an activating group) is 1. The van der Waals surface area contributed by atoms with Crippen molar-refractivity contribution in [3.8, 4) is 0 Å². The van der Waals surface area contributed by atoms with Gasteiger partial charge in [0, 0.05) is 47.8 Å². The number of carbonyl (C=O) groups excluding carboxylic acids is 10. The van der Waals surface area contributed by atoms with Crippen LogP contribution in [0.4, 0.5) is 0 Å². The Morgan fingerprint density at radius 1 is 0.378 bits per heavy atom. The molecule has 4 N–H and O–H groups in total. The van der Waals surface area contributed by atoms with Crippen LogP contribution in [-0.4, -0.2) is 308 Å². The molecule has 0 bridgehead atoms. The maximum atomic E-state index is 15.4. The first-order valence-electron chi connectivity index (χ1n) is 32.2. The average Bonchev–Trinajstić information content (AvgIpc) is 0.816. The van der Waals surface area contributed by atoms with E-state index in [0.717, 1.165) is 35.8 Å². The Bertz CT molecular complexity index is 3070. The summed E-state index contributed by atoms with van der Waals surface area (Å²) in [6, 6.07) is 21.2. The third-order valence-electron chi connectivity index (χ3n) is 16.4. The van der Waals surface area contributed by atoms with Crippen molar-refractivity contribution in [3.05, 3.63) is 108 Å². The van der Waals surface area contributed by atoms with Crippen LogP contribution in [0.1, 0.15) is 83.3 Å². The summed E-state index contributed by atoms with van der Waals surface area (Å²) in [5, 5.41) is 25.3. The normalized spacial score (nSPS) is 13.2. The van der Waals surface area contributed by atoms with Crippen molar-refractivity contribution in [1.82, 2.24) is 54.7 Å². The molecule has 0 heterocycles. The number of rotatable bonds is 45. The van der Waals surface area contributed by atoms with Gasteiger partial charge < -0.3 is 83.9 Å². The lowest BCUT2D eigenvalue weighted by Crippen LogP contribution is -2.57. The molecule has 3 aromatic rings. The van der Waals surface area contributed by atoms with Gasteiger partial charge >= 0.3 is 11.9 Å². The standard InChI is InChI=1S/C68H101N11O18S/c1-47(43-94-9)73(34-59(82)71(41-67(90)91)32-57(80)69-8)62(85)37-76(50(4)46-97-12)63(86)36-75(49(3)45-96-11)61(84)33-72(42-68(92)93)60(83)35-74(48(2)44-95-10)64(87)38-78(52(6)55-25-19-15-20-26-55)66(89)40-79(53(7)56-27-21-16-22-28-56)65(88)39-77(58(81)31-70-29-30-98-13)51(5)54-23-17-14-18-24-54/h14-28,47-53,70H,29-46H2,1-13H3,(H,69,80)(H,90,91)(H,92,93). The van der Waals surface area contributed by atoms with Crippen LogP contribution >= 0.6 is 11.8 Å². The molecule has 30 heteroatoms. The van der Waals surface area contributed by atoms with Crippen molar-refractivity contribution >= 4 is 82.8 Å². The Hall–Kier alpha value is -8.55. The number of ether oxygens (including phenoxy) is 4. The number of thioether (sulfide) groups is 1. The predicted molar refractivity (Wildman–Crippen MR) is 366 cm³/mol. The Balaban J connectivity index is 2.10. The zero-order valence-corrected chi connectivity index (χ0v) is 59.6. The fraction of sp³-hybridized carbons (Fsp3) is 0.559. The molecule has 0 saturated heterocycles. The molecule has 10 amide bonds. The summed E-state index contributed by atoms with van der Waals surface area (Å²) >= 11 is 1.61. The van der Waals surface area contributed by atoms with Crippen LogP contribution in [0.5, 0.6) is 0 Å². The van der Waals surface area contributed by atoms with E-state index in [9.17, 15) is 53.4 Å². The third kappa shape index (κ3) is 27.0. The van der Waals surface area contributed by atoms with E-state index in [1.165, 1.54) is 57.1 Å². The third-order valence-corrected chi connectivity index (χ3v) is 17.1. The summed E-state index contributed by atoms with van der Waals surface area (Å²) in [7, 11) is 6.68. The summed E-state index contributed by atoms with van der Waals surface area (Å²) in [6.07, 6.45) is 1.95. The van der Waals surface area contributed by atoms with Crippen molar-refractivity contribution in [2.24, 2.45) is 0 Å². The number of aliphatic carboxylic acids is 2. The van der Waals surface area contributed by atoms with Crippen LogP contribution in [-0.2, 0) is 76.5 Å². The van der Waals surface area contributed by atoms with Crippen molar-refractivity contribution in [3.63, 3.8) is 0 Å². The number of nitrogens with zero attached hydrogens (tertiary/aromatic N) is 9. The van der Waals surface area contributed by atoms with E-state index in [2.05, 4.69) is 10.6 Å². The summed E-state index contributed by atoms with van der Waals surface area (Å²) in [6.45, 7) is 2.98. The molecule has 0 fully saturated rings. The van der Waals surface area contributed by atoms with E-state index >= 15 is 14.4 Å². The molecule has 0 saturated carbocycles. The molecule has 0 aromatic heterocycles. The number of hydrogen-bond acceptors (Lipinski definition) is 18. The average molecular weight is 1390 g/mol. The van der Waals surface area contributed by atoms with Crippen molar-refractivity contribution in [1.29, 1.82) is 0 Å². The highest BCUT2D eigenvalue weighted by Crippen LogP contribution is 2.27. The SMILES string of the molecule is CNC(=O)CN(CC(=O)O)C(=O)CN(C(=O)CN(C(=O)CN(C(=O)CN(CC(=O)O)C(=O)CN(C(=O)CN(C(=O)CN(C(=O)CN(C(=O)CNCCSC)C(C)c1ccccc1)C(C)c1ccccc1)C(C)c1ccccc1)C(C)COC)C(C)COC)C(C)COC)C(C)COC. The first-order valence-corrected chi connectivity index (χ1v) is 33.5. The van der Waals surface area contributed by atoms with Gasteiger partial charge in [0.25, 0.3) is 0 Å². The Kier molecular flexibility index (Phi) is 37.3. The van der Waals surface area contributed by atoms with Gasteiger partial charge in [0.15, 0.2) is 0 Å². The number of benzene rings is 3. The number of hydrogen-bond donors (Lipinski definition) is 4. The Labute approximate surface area is 579 Å². The second kappa shape index (κ2) is 43.7. The highest BCUT2D eigenvalue weighted by molar-refractivity contribution is 7.98. The van der Waals surface area contributed by atoms with Crippen LogP contribution in [0, 0.1) is 0 Å². The Morgan fingerprint density at radius 3 is 0.929 bits per heavy atom. The first-order chi connectivity index (χ1) is 46.6. The topological polar surface area (TPSA) is 335 Å². The highest BCUT2D eigenvalue weighted by atomic mass is 32.2. The van der Waals surface area contributed by atoms with Crippen LogP contribution in [0.25, 0.3) is 0 Å². The lowest BCUT2D eigenvalue weighted by Gasteiger charge is -2.38. The molecule has 0 aliphatic rings. The molecule has 0 radical (unpaired) electrons. The quantitative estimate of drug-likeness (QED) is 0.0586. The van der Waals surface area contributed by atoms with Gasteiger partial charge in [0.05, 0.1) is 75.3 Å². The molecular weight excluding hydrogens is 1290 g/mol. The number of carboxylic acids is 2. The lowest BCUT2D eigenvalue weighted by molar-refractivity contribution is -0.154. The molecule has 29 nitrogen and oxygen atoms in total. The number of carbonyl (C=O) groups is 12. The monoisotopic (exact) mass is 1390 g/mol. The van der Waals surface area contributed by atoms with Gasteiger partial charge in [-0.25, -0.2) is 0 Å². The number of amides is 10. The van der Waals surface area contributed by atoms with Gasteiger partial charge in [-0.2, -0.15) is 11.8 Å². The highest BCUT2D eigenvalue weighted by Gasteiger charge is 2.38. The van der Waals surface area contributed by atoms with E-state index < -0.39 is 179 Å². The molecule has 0 spiro atoms. The fourth-order valence-electron chi connectivity index (χ4n) is 10.8. The minimum absolute atomic E-state index is 0.0616. The lowest BCUT2D eigenvalue weighted by atomic mass is 10.0. The molecule has 7 unspecified atom stereocenters. The maximum absolute atomic E-state index is 15.4. The van der Waals surface area contributed by atoms with Gasteiger partial charge in [-0.3, -0.25) is 57.5 Å². The van der Waals surface area contributed by atoms with Crippen molar-refractivity contribution in [2.75, 3.05) is 159 Å². The summed E-state index contributed by atoms with van der Waals surface area (Å²) in [4.78, 5) is 179. The van der Waals surface area contributed by atoms with E-state index in [1.54, 1.807) is 101 Å². The fourth-order valence-corrected chi connectivity index (χ4v) is 11.1.